The maximum Gasteiger partial charge on any atom is 0.347 e. The van der Waals surface area contributed by atoms with E-state index >= 15 is 0 Å². The van der Waals surface area contributed by atoms with Crippen LogP contribution in [0.3, 0.4) is 0 Å². The molecule has 0 aliphatic carbocycles. The Kier molecular flexibility index (Phi) is 2.71. The van der Waals surface area contributed by atoms with Gasteiger partial charge in [0.2, 0.25) is 0 Å². The summed E-state index contributed by atoms with van der Waals surface area (Å²) in [6, 6.07) is 0. The molecule has 1 aliphatic rings. The maximum absolute atomic E-state index is 11.4. The summed E-state index contributed by atoms with van der Waals surface area (Å²) < 4.78 is 0. The van der Waals surface area contributed by atoms with Gasteiger partial charge < -0.3 is 15.6 Å². The van der Waals surface area contributed by atoms with Crippen LogP contribution in [-0.2, 0) is 13.0 Å². The topological polar surface area (TPSA) is 69.8 Å². The lowest BCUT2D eigenvalue weighted by Gasteiger charge is -2.25. The molecule has 5 heteroatoms. The Morgan fingerprint density at radius 2 is 2.12 bits per heavy atom. The molecule has 2 heterocycles. The molecular formula is C11H18N4O. The van der Waals surface area contributed by atoms with Crippen molar-refractivity contribution in [3.05, 3.63) is 21.7 Å². The fourth-order valence-electron chi connectivity index (χ4n) is 1.83. The molecule has 88 valence electrons. The van der Waals surface area contributed by atoms with Crippen molar-refractivity contribution < 1.29 is 0 Å². The number of nitrogens with zero attached hydrogens (tertiary/aromatic N) is 1. The van der Waals surface area contributed by atoms with Crippen molar-refractivity contribution in [2.45, 2.75) is 39.3 Å². The fourth-order valence-corrected chi connectivity index (χ4v) is 1.83. The quantitative estimate of drug-likeness (QED) is 0.651. The van der Waals surface area contributed by atoms with Gasteiger partial charge >= 0.3 is 5.69 Å². The van der Waals surface area contributed by atoms with Crippen LogP contribution in [0.15, 0.2) is 4.79 Å². The van der Waals surface area contributed by atoms with E-state index in [4.69, 9.17) is 0 Å². The van der Waals surface area contributed by atoms with Gasteiger partial charge in [-0.1, -0.05) is 0 Å². The number of anilines is 1. The van der Waals surface area contributed by atoms with E-state index in [0.717, 1.165) is 30.8 Å². The number of H-pyrrole nitrogens is 1. The van der Waals surface area contributed by atoms with Gasteiger partial charge in [-0.3, -0.25) is 0 Å². The average Bonchev–Trinajstić information content (AvgIpc) is 2.14. The highest BCUT2D eigenvalue weighted by molar-refractivity contribution is 5.48. The number of rotatable bonds is 1. The second-order valence-electron chi connectivity index (χ2n) is 5.15. The van der Waals surface area contributed by atoms with Crippen molar-refractivity contribution in [3.8, 4) is 0 Å². The predicted octanol–water partition coefficient (Wildman–Crippen LogP) is 0.626. The maximum atomic E-state index is 11.4. The number of hydrogen-bond acceptors (Lipinski definition) is 4. The number of nitrogens with one attached hydrogen (secondary N) is 3. The minimum absolute atomic E-state index is 0.0913. The van der Waals surface area contributed by atoms with Gasteiger partial charge in [0.15, 0.2) is 0 Å². The third-order valence-electron chi connectivity index (χ3n) is 2.47. The Bertz CT molecular complexity index is 444. The summed E-state index contributed by atoms with van der Waals surface area (Å²) in [6.07, 6.45) is 0.853. The molecule has 0 fully saturated rings. The van der Waals surface area contributed by atoms with E-state index in [2.05, 4.69) is 41.4 Å². The molecule has 16 heavy (non-hydrogen) atoms. The van der Waals surface area contributed by atoms with E-state index in [9.17, 15) is 4.79 Å². The zero-order valence-corrected chi connectivity index (χ0v) is 9.98. The smallest absolute Gasteiger partial charge is 0.347 e. The first-order valence-corrected chi connectivity index (χ1v) is 5.57. The SMILES string of the molecule is CC(C)(C)Nc1nc(=O)[nH]c2c1CNCC2. The zero-order chi connectivity index (χ0) is 11.8. The highest BCUT2D eigenvalue weighted by atomic mass is 16.1. The van der Waals surface area contributed by atoms with Gasteiger partial charge in [-0.05, 0) is 20.8 Å². The minimum atomic E-state index is -0.271. The Morgan fingerprint density at radius 1 is 1.38 bits per heavy atom. The van der Waals surface area contributed by atoms with Crippen LogP contribution in [0.5, 0.6) is 0 Å². The predicted molar refractivity (Wildman–Crippen MR) is 63.6 cm³/mol. The van der Waals surface area contributed by atoms with Gasteiger partial charge in [0, 0.05) is 36.3 Å². The number of fused-ring (bicyclic) bond motifs is 1. The Hall–Kier alpha value is -1.36. The van der Waals surface area contributed by atoms with Crippen molar-refractivity contribution in [1.29, 1.82) is 0 Å². The lowest BCUT2D eigenvalue weighted by molar-refractivity contribution is 0.602. The van der Waals surface area contributed by atoms with E-state index in [1.807, 2.05) is 0 Å². The summed E-state index contributed by atoms with van der Waals surface area (Å²) in [6.45, 7) is 7.83. The van der Waals surface area contributed by atoms with Crippen molar-refractivity contribution in [2.24, 2.45) is 0 Å². The summed E-state index contributed by atoms with van der Waals surface area (Å²) in [5.74, 6) is 0.707. The lowest BCUT2D eigenvalue weighted by atomic mass is 10.1. The molecule has 3 N–H and O–H groups in total. The van der Waals surface area contributed by atoms with Crippen LogP contribution >= 0.6 is 0 Å². The molecule has 0 saturated carbocycles. The number of aromatic nitrogens is 2. The summed E-state index contributed by atoms with van der Waals surface area (Å²) >= 11 is 0. The molecule has 1 aliphatic heterocycles. The Balaban J connectivity index is 2.43. The van der Waals surface area contributed by atoms with Crippen molar-refractivity contribution in [3.63, 3.8) is 0 Å². The first-order valence-electron chi connectivity index (χ1n) is 5.57. The Morgan fingerprint density at radius 3 is 2.81 bits per heavy atom. The summed E-state index contributed by atoms with van der Waals surface area (Å²) in [5.41, 5.74) is 1.73. The minimum Gasteiger partial charge on any atom is -0.365 e. The molecule has 0 radical (unpaired) electrons. The van der Waals surface area contributed by atoms with Gasteiger partial charge in [0.05, 0.1) is 0 Å². The van der Waals surface area contributed by atoms with Gasteiger partial charge in [0.25, 0.3) is 0 Å². The third kappa shape index (κ3) is 2.41. The van der Waals surface area contributed by atoms with E-state index in [0.29, 0.717) is 5.82 Å². The highest BCUT2D eigenvalue weighted by Crippen LogP contribution is 2.20. The summed E-state index contributed by atoms with van der Waals surface area (Å²) in [5, 5.41) is 6.56. The van der Waals surface area contributed by atoms with Crippen LogP contribution in [0.4, 0.5) is 5.82 Å². The van der Waals surface area contributed by atoms with Crippen LogP contribution in [0.25, 0.3) is 0 Å². The van der Waals surface area contributed by atoms with Crippen LogP contribution < -0.4 is 16.3 Å². The highest BCUT2D eigenvalue weighted by Gasteiger charge is 2.19. The van der Waals surface area contributed by atoms with E-state index in [1.54, 1.807) is 0 Å². The number of hydrogen-bond donors (Lipinski definition) is 3. The molecule has 2 rings (SSSR count). The van der Waals surface area contributed by atoms with Crippen molar-refractivity contribution in [2.75, 3.05) is 11.9 Å². The molecular weight excluding hydrogens is 204 g/mol. The molecule has 0 amide bonds. The van der Waals surface area contributed by atoms with Crippen LogP contribution in [0.2, 0.25) is 0 Å². The van der Waals surface area contributed by atoms with Crippen LogP contribution in [0, 0.1) is 0 Å². The van der Waals surface area contributed by atoms with Crippen molar-refractivity contribution >= 4 is 5.82 Å². The first-order chi connectivity index (χ1) is 7.46. The molecule has 0 atom stereocenters. The second kappa shape index (κ2) is 3.90. The van der Waals surface area contributed by atoms with E-state index in [1.165, 1.54) is 0 Å². The molecule has 0 saturated heterocycles. The summed E-state index contributed by atoms with van der Waals surface area (Å²) in [7, 11) is 0. The van der Waals surface area contributed by atoms with Gasteiger partial charge in [-0.25, -0.2) is 4.79 Å². The van der Waals surface area contributed by atoms with Gasteiger partial charge in [-0.2, -0.15) is 4.98 Å². The number of aromatic amines is 1. The zero-order valence-electron chi connectivity index (χ0n) is 9.98. The van der Waals surface area contributed by atoms with Crippen molar-refractivity contribution in [1.82, 2.24) is 15.3 Å². The molecule has 5 nitrogen and oxygen atoms in total. The van der Waals surface area contributed by atoms with Crippen LogP contribution in [0.1, 0.15) is 32.0 Å². The lowest BCUT2D eigenvalue weighted by Crippen LogP contribution is -2.34. The monoisotopic (exact) mass is 222 g/mol. The van der Waals surface area contributed by atoms with Gasteiger partial charge in [0.1, 0.15) is 5.82 Å². The fraction of sp³-hybridized carbons (Fsp3) is 0.636. The largest absolute Gasteiger partial charge is 0.365 e. The molecule has 0 spiro atoms. The first kappa shape index (κ1) is 11.1. The molecule has 1 aromatic rings. The van der Waals surface area contributed by atoms with E-state index in [-0.39, 0.29) is 11.2 Å². The second-order valence-corrected chi connectivity index (χ2v) is 5.15. The van der Waals surface area contributed by atoms with Crippen LogP contribution in [-0.4, -0.2) is 22.1 Å². The standard InChI is InChI=1S/C11H18N4O/c1-11(2,3)15-9-7-6-12-5-4-8(7)13-10(16)14-9/h12H,4-6H2,1-3H3,(H2,13,14,15,16). The summed E-state index contributed by atoms with van der Waals surface area (Å²) in [4.78, 5) is 18.2. The van der Waals surface area contributed by atoms with E-state index < -0.39 is 0 Å². The molecule has 0 unspecified atom stereocenters. The average molecular weight is 222 g/mol. The normalized spacial score (nSPS) is 15.7. The molecule has 0 aromatic carbocycles. The molecule has 1 aromatic heterocycles. The third-order valence-corrected chi connectivity index (χ3v) is 2.47. The molecule has 0 bridgehead atoms. The Labute approximate surface area is 94.7 Å². The van der Waals surface area contributed by atoms with Gasteiger partial charge in [-0.15, -0.1) is 0 Å².